The number of carboxylic acid groups (broad SMARTS) is 1. The van der Waals surface area contributed by atoms with Crippen LogP contribution in [0.5, 0.6) is 0 Å². The maximum Gasteiger partial charge on any atom is 0.329 e. The van der Waals surface area contributed by atoms with Crippen LogP contribution in [0, 0.1) is 12.7 Å². The van der Waals surface area contributed by atoms with Gasteiger partial charge in [0.05, 0.1) is 16.4 Å². The number of nitrogens with one attached hydrogen (secondary N) is 1. The van der Waals surface area contributed by atoms with Gasteiger partial charge in [-0.15, -0.1) is 5.10 Å². The molecule has 0 aliphatic heterocycles. The summed E-state index contributed by atoms with van der Waals surface area (Å²) in [4.78, 5) is 23.6. The number of amides is 1. The molecule has 0 aliphatic carbocycles. The van der Waals surface area contributed by atoms with Crippen molar-refractivity contribution in [3.05, 3.63) is 40.4 Å². The summed E-state index contributed by atoms with van der Waals surface area (Å²) >= 11 is 5.75. The van der Waals surface area contributed by atoms with Gasteiger partial charge in [0.15, 0.2) is 5.69 Å². The number of aromatic nitrogens is 3. The van der Waals surface area contributed by atoms with Gasteiger partial charge < -0.3 is 10.4 Å². The molecule has 0 radical (unpaired) electrons. The summed E-state index contributed by atoms with van der Waals surface area (Å²) in [6.45, 7) is 4.65. The van der Waals surface area contributed by atoms with Crippen LogP contribution in [-0.2, 0) is 4.79 Å². The molecule has 2 aromatic rings. The third-order valence-corrected chi connectivity index (χ3v) is 4.12. The number of carbonyl (C=O) groups excluding carboxylic acids is 1. The van der Waals surface area contributed by atoms with Crippen molar-refractivity contribution >= 4 is 23.5 Å². The highest BCUT2D eigenvalue weighted by molar-refractivity contribution is 6.30. The summed E-state index contributed by atoms with van der Waals surface area (Å²) in [7, 11) is 0. The van der Waals surface area contributed by atoms with E-state index in [0.29, 0.717) is 11.4 Å². The predicted molar refractivity (Wildman–Crippen MR) is 84.9 cm³/mol. The van der Waals surface area contributed by atoms with Gasteiger partial charge >= 0.3 is 5.97 Å². The highest BCUT2D eigenvalue weighted by Gasteiger charge is 2.34. The lowest BCUT2D eigenvalue weighted by atomic mass is 9.99. The second-order valence-electron chi connectivity index (χ2n) is 5.48. The van der Waals surface area contributed by atoms with Crippen LogP contribution >= 0.6 is 11.6 Å². The number of hydrogen-bond acceptors (Lipinski definition) is 4. The van der Waals surface area contributed by atoms with Crippen molar-refractivity contribution in [3.63, 3.8) is 0 Å². The Morgan fingerprint density at radius 1 is 1.46 bits per heavy atom. The van der Waals surface area contributed by atoms with Crippen molar-refractivity contribution in [2.75, 3.05) is 0 Å². The molecule has 1 aromatic carbocycles. The highest BCUT2D eigenvalue weighted by Crippen LogP contribution is 2.20. The fourth-order valence-corrected chi connectivity index (χ4v) is 2.18. The standard InChI is InChI=1S/C15H16ClFN4O3/c1-4-15(3,14(23)24)18-13(22)12-8(2)21(20-19-12)9-5-6-11(17)10(16)7-9/h5-7H,4H2,1-3H3,(H,18,22)(H,23,24). The molecule has 0 fully saturated rings. The first kappa shape index (κ1) is 17.9. The highest BCUT2D eigenvalue weighted by atomic mass is 35.5. The van der Waals surface area contributed by atoms with Gasteiger partial charge in [0, 0.05) is 0 Å². The quantitative estimate of drug-likeness (QED) is 0.859. The summed E-state index contributed by atoms with van der Waals surface area (Å²) in [5.74, 6) is -2.37. The lowest BCUT2D eigenvalue weighted by molar-refractivity contribution is -0.143. The van der Waals surface area contributed by atoms with Gasteiger partial charge in [0.2, 0.25) is 0 Å². The second-order valence-corrected chi connectivity index (χ2v) is 5.89. The van der Waals surface area contributed by atoms with E-state index in [2.05, 4.69) is 15.6 Å². The Bertz CT molecular complexity index is 808. The molecule has 1 amide bonds. The van der Waals surface area contributed by atoms with Gasteiger partial charge in [-0.25, -0.2) is 13.9 Å². The average Bonchev–Trinajstić information content (AvgIpc) is 2.91. The fraction of sp³-hybridized carbons (Fsp3) is 0.333. The topological polar surface area (TPSA) is 97.1 Å². The molecule has 1 heterocycles. The fourth-order valence-electron chi connectivity index (χ4n) is 2.00. The number of nitrogens with zero attached hydrogens (tertiary/aromatic N) is 3. The normalized spacial score (nSPS) is 13.4. The minimum absolute atomic E-state index is 0.0172. The third kappa shape index (κ3) is 3.23. The van der Waals surface area contributed by atoms with Crippen LogP contribution in [0.2, 0.25) is 5.02 Å². The van der Waals surface area contributed by atoms with E-state index >= 15 is 0 Å². The van der Waals surface area contributed by atoms with E-state index < -0.39 is 23.2 Å². The summed E-state index contributed by atoms with van der Waals surface area (Å²) < 4.78 is 14.6. The molecule has 1 aromatic heterocycles. The van der Waals surface area contributed by atoms with Crippen molar-refractivity contribution in [1.82, 2.24) is 20.3 Å². The maximum atomic E-state index is 13.3. The van der Waals surface area contributed by atoms with Crippen molar-refractivity contribution in [1.29, 1.82) is 0 Å². The SMILES string of the molecule is CCC(C)(NC(=O)c1nnn(-c2ccc(F)c(Cl)c2)c1C)C(=O)O. The Morgan fingerprint density at radius 2 is 2.12 bits per heavy atom. The molecule has 2 rings (SSSR count). The third-order valence-electron chi connectivity index (χ3n) is 3.83. The zero-order chi connectivity index (χ0) is 18.1. The van der Waals surface area contributed by atoms with Crippen LogP contribution in [-0.4, -0.2) is 37.5 Å². The molecular weight excluding hydrogens is 339 g/mol. The number of carbonyl (C=O) groups is 2. The molecule has 24 heavy (non-hydrogen) atoms. The molecular formula is C15H16ClFN4O3. The summed E-state index contributed by atoms with van der Waals surface area (Å²) in [5, 5.41) is 19.2. The minimum atomic E-state index is -1.41. The van der Waals surface area contributed by atoms with Gasteiger partial charge in [-0.3, -0.25) is 4.79 Å². The number of aliphatic carboxylic acids is 1. The van der Waals surface area contributed by atoms with Crippen molar-refractivity contribution < 1.29 is 19.1 Å². The average molecular weight is 355 g/mol. The zero-order valence-electron chi connectivity index (χ0n) is 13.3. The molecule has 1 atom stereocenters. The molecule has 1 unspecified atom stereocenters. The van der Waals surface area contributed by atoms with E-state index in [1.165, 1.54) is 29.8 Å². The Labute approximate surface area is 142 Å². The number of hydrogen-bond donors (Lipinski definition) is 2. The van der Waals surface area contributed by atoms with Crippen LogP contribution in [0.3, 0.4) is 0 Å². The van der Waals surface area contributed by atoms with Crippen molar-refractivity contribution in [3.8, 4) is 5.69 Å². The number of carboxylic acids is 1. The molecule has 9 heteroatoms. The summed E-state index contributed by atoms with van der Waals surface area (Å²) in [6.07, 6.45) is 0.203. The molecule has 128 valence electrons. The van der Waals surface area contributed by atoms with Gasteiger partial charge in [0.1, 0.15) is 11.4 Å². The van der Waals surface area contributed by atoms with E-state index in [-0.39, 0.29) is 17.1 Å². The van der Waals surface area contributed by atoms with Crippen LogP contribution in [0.15, 0.2) is 18.2 Å². The first-order valence-electron chi connectivity index (χ1n) is 7.13. The van der Waals surface area contributed by atoms with Gasteiger partial charge in [-0.05, 0) is 38.5 Å². The Morgan fingerprint density at radius 3 is 2.67 bits per heavy atom. The smallest absolute Gasteiger partial charge is 0.329 e. The minimum Gasteiger partial charge on any atom is -0.480 e. The lowest BCUT2D eigenvalue weighted by Gasteiger charge is -2.24. The summed E-state index contributed by atoms with van der Waals surface area (Å²) in [6, 6.07) is 3.97. The molecule has 7 nitrogen and oxygen atoms in total. The molecule has 0 saturated carbocycles. The van der Waals surface area contributed by atoms with E-state index in [1.807, 2.05) is 0 Å². The number of benzene rings is 1. The molecule has 0 aliphatic rings. The first-order chi connectivity index (χ1) is 11.2. The van der Waals surface area contributed by atoms with E-state index in [4.69, 9.17) is 11.6 Å². The van der Waals surface area contributed by atoms with E-state index in [9.17, 15) is 19.1 Å². The van der Waals surface area contributed by atoms with Crippen LogP contribution in [0.25, 0.3) is 5.69 Å². The first-order valence-corrected chi connectivity index (χ1v) is 7.51. The molecule has 0 spiro atoms. The van der Waals surface area contributed by atoms with E-state index in [1.54, 1.807) is 13.8 Å². The monoisotopic (exact) mass is 354 g/mol. The maximum absolute atomic E-state index is 13.3. The molecule has 0 saturated heterocycles. The van der Waals surface area contributed by atoms with Crippen LogP contribution in [0.4, 0.5) is 4.39 Å². The van der Waals surface area contributed by atoms with Crippen LogP contribution < -0.4 is 5.32 Å². The second kappa shape index (κ2) is 6.56. The predicted octanol–water partition coefficient (Wildman–Crippen LogP) is 2.35. The van der Waals surface area contributed by atoms with E-state index in [0.717, 1.165) is 0 Å². The Hall–Kier alpha value is -2.48. The largest absolute Gasteiger partial charge is 0.480 e. The Kier molecular flexibility index (Phi) is 4.88. The Balaban J connectivity index is 2.34. The summed E-state index contributed by atoms with van der Waals surface area (Å²) in [5.41, 5.74) is -0.621. The van der Waals surface area contributed by atoms with Gasteiger partial charge in [0.25, 0.3) is 5.91 Å². The zero-order valence-corrected chi connectivity index (χ0v) is 14.1. The molecule has 2 N–H and O–H groups in total. The van der Waals surface area contributed by atoms with Crippen molar-refractivity contribution in [2.24, 2.45) is 0 Å². The number of halogens is 2. The lowest BCUT2D eigenvalue weighted by Crippen LogP contribution is -2.51. The van der Waals surface area contributed by atoms with Crippen LogP contribution in [0.1, 0.15) is 36.5 Å². The van der Waals surface area contributed by atoms with Gasteiger partial charge in [-0.1, -0.05) is 23.7 Å². The number of rotatable bonds is 5. The van der Waals surface area contributed by atoms with Crippen molar-refractivity contribution in [2.45, 2.75) is 32.7 Å². The molecule has 0 bridgehead atoms. The van der Waals surface area contributed by atoms with Gasteiger partial charge in [-0.2, -0.15) is 0 Å².